The summed E-state index contributed by atoms with van der Waals surface area (Å²) in [7, 11) is 0. The van der Waals surface area contributed by atoms with E-state index in [1.807, 2.05) is 6.07 Å². The second kappa shape index (κ2) is 6.34. The molecule has 0 aliphatic heterocycles. The zero-order valence-electron chi connectivity index (χ0n) is 11.3. The van der Waals surface area contributed by atoms with E-state index in [1.165, 1.54) is 5.56 Å². The van der Waals surface area contributed by atoms with Gasteiger partial charge in [0, 0.05) is 0 Å². The van der Waals surface area contributed by atoms with Crippen LogP contribution in [0.15, 0.2) is 42.6 Å². The summed E-state index contributed by atoms with van der Waals surface area (Å²) in [4.78, 5) is 4.07. The van der Waals surface area contributed by atoms with E-state index in [0.717, 1.165) is 5.56 Å². The number of hydrogen-bond acceptors (Lipinski definition) is 3. The molecule has 0 fully saturated rings. The van der Waals surface area contributed by atoms with Crippen LogP contribution >= 0.6 is 0 Å². The first kappa shape index (κ1) is 13.6. The van der Waals surface area contributed by atoms with Crippen molar-refractivity contribution in [3.8, 4) is 5.75 Å². The molecule has 100 valence electrons. The predicted octanol–water partition coefficient (Wildman–Crippen LogP) is 3.28. The zero-order valence-corrected chi connectivity index (χ0v) is 11.3. The fourth-order valence-electron chi connectivity index (χ4n) is 1.76. The molecule has 2 rings (SSSR count). The molecule has 1 heterocycles. The zero-order chi connectivity index (χ0) is 13.7. The van der Waals surface area contributed by atoms with E-state index < -0.39 is 0 Å². The quantitative estimate of drug-likeness (QED) is 0.893. The van der Waals surface area contributed by atoms with E-state index in [-0.39, 0.29) is 6.61 Å². The third-order valence-corrected chi connectivity index (χ3v) is 3.01. The highest BCUT2D eigenvalue weighted by Crippen LogP contribution is 2.16. The normalized spacial score (nSPS) is 10.7. The summed E-state index contributed by atoms with van der Waals surface area (Å²) in [5.74, 6) is 1.26. The number of nitrogens with zero attached hydrogens (tertiary/aromatic N) is 1. The van der Waals surface area contributed by atoms with E-state index in [0.29, 0.717) is 24.0 Å². The second-order valence-corrected chi connectivity index (χ2v) is 4.83. The number of benzene rings is 1. The van der Waals surface area contributed by atoms with Gasteiger partial charge in [-0.05, 0) is 29.2 Å². The number of aliphatic hydroxyl groups is 1. The first-order valence-electron chi connectivity index (χ1n) is 6.46. The lowest BCUT2D eigenvalue weighted by Gasteiger charge is -2.08. The van der Waals surface area contributed by atoms with E-state index in [4.69, 9.17) is 9.84 Å². The van der Waals surface area contributed by atoms with Gasteiger partial charge in [-0.25, -0.2) is 0 Å². The summed E-state index contributed by atoms with van der Waals surface area (Å²) in [6.45, 7) is 4.84. The summed E-state index contributed by atoms with van der Waals surface area (Å²) < 4.78 is 5.65. The minimum Gasteiger partial charge on any atom is -0.487 e. The number of hydrogen-bond donors (Lipinski definition) is 1. The van der Waals surface area contributed by atoms with E-state index in [1.54, 1.807) is 12.3 Å². The maximum atomic E-state index is 8.90. The first-order valence-corrected chi connectivity index (χ1v) is 6.46. The molecule has 0 bridgehead atoms. The van der Waals surface area contributed by atoms with Crippen LogP contribution in [0.25, 0.3) is 0 Å². The maximum absolute atomic E-state index is 8.90. The van der Waals surface area contributed by atoms with Crippen molar-refractivity contribution >= 4 is 0 Å². The molecule has 1 aromatic carbocycles. The van der Waals surface area contributed by atoms with Gasteiger partial charge in [-0.15, -0.1) is 0 Å². The van der Waals surface area contributed by atoms with E-state index in [9.17, 15) is 0 Å². The lowest BCUT2D eigenvalue weighted by atomic mass is 10.0. The molecule has 19 heavy (non-hydrogen) atoms. The van der Waals surface area contributed by atoms with Crippen LogP contribution in [0.4, 0.5) is 0 Å². The Labute approximate surface area is 113 Å². The summed E-state index contributed by atoms with van der Waals surface area (Å²) >= 11 is 0. The Hall–Kier alpha value is -1.87. The average molecular weight is 257 g/mol. The molecule has 0 unspecified atom stereocenters. The fraction of sp³-hybridized carbons (Fsp3) is 0.312. The summed E-state index contributed by atoms with van der Waals surface area (Å²) in [6, 6.07) is 12.0. The summed E-state index contributed by atoms with van der Waals surface area (Å²) in [6.07, 6.45) is 1.63. The van der Waals surface area contributed by atoms with Crippen molar-refractivity contribution in [2.24, 2.45) is 0 Å². The van der Waals surface area contributed by atoms with Gasteiger partial charge >= 0.3 is 0 Å². The molecule has 0 saturated heterocycles. The molecule has 0 amide bonds. The third kappa shape index (κ3) is 3.80. The van der Waals surface area contributed by atoms with Crippen LogP contribution in [0.3, 0.4) is 0 Å². The van der Waals surface area contributed by atoms with Crippen molar-refractivity contribution in [2.75, 3.05) is 0 Å². The van der Waals surface area contributed by atoms with Crippen molar-refractivity contribution in [3.63, 3.8) is 0 Å². The smallest absolute Gasteiger partial charge is 0.138 e. The Morgan fingerprint density at radius 3 is 2.37 bits per heavy atom. The molecule has 3 nitrogen and oxygen atoms in total. The molecule has 0 aliphatic rings. The third-order valence-electron chi connectivity index (χ3n) is 3.01. The highest BCUT2D eigenvalue weighted by molar-refractivity contribution is 5.25. The van der Waals surface area contributed by atoms with Gasteiger partial charge in [0.25, 0.3) is 0 Å². The molecule has 0 spiro atoms. The van der Waals surface area contributed by atoms with Gasteiger partial charge in [0.2, 0.25) is 0 Å². The van der Waals surface area contributed by atoms with Gasteiger partial charge in [-0.3, -0.25) is 4.98 Å². The summed E-state index contributed by atoms with van der Waals surface area (Å²) in [5, 5.41) is 8.90. The van der Waals surface area contributed by atoms with Crippen LogP contribution in [0.1, 0.15) is 36.6 Å². The van der Waals surface area contributed by atoms with Crippen LogP contribution in [0.5, 0.6) is 5.75 Å². The molecule has 0 saturated carbocycles. The Bertz CT molecular complexity index is 503. The van der Waals surface area contributed by atoms with Crippen LogP contribution in [-0.4, -0.2) is 10.1 Å². The molecular weight excluding hydrogens is 238 g/mol. The van der Waals surface area contributed by atoms with Crippen LogP contribution < -0.4 is 4.74 Å². The molecule has 1 N–H and O–H groups in total. The van der Waals surface area contributed by atoms with Crippen LogP contribution in [-0.2, 0) is 13.2 Å². The highest BCUT2D eigenvalue weighted by Gasteiger charge is 2.00. The topological polar surface area (TPSA) is 42.4 Å². The van der Waals surface area contributed by atoms with Gasteiger partial charge in [0.1, 0.15) is 12.4 Å². The van der Waals surface area contributed by atoms with Gasteiger partial charge in [0.05, 0.1) is 18.5 Å². The number of ether oxygens (including phenoxy) is 1. The molecule has 0 radical (unpaired) electrons. The molecule has 0 aliphatic carbocycles. The van der Waals surface area contributed by atoms with Gasteiger partial charge in [-0.2, -0.15) is 0 Å². The van der Waals surface area contributed by atoms with Gasteiger partial charge < -0.3 is 9.84 Å². The molecule has 1 aromatic heterocycles. The van der Waals surface area contributed by atoms with Crippen LogP contribution in [0, 0.1) is 0 Å². The average Bonchev–Trinajstić information content (AvgIpc) is 2.46. The van der Waals surface area contributed by atoms with Gasteiger partial charge in [0.15, 0.2) is 0 Å². The number of aliphatic hydroxyl groups excluding tert-OH is 1. The highest BCUT2D eigenvalue weighted by atomic mass is 16.5. The summed E-state index contributed by atoms with van der Waals surface area (Å²) in [5.41, 5.74) is 3.11. The van der Waals surface area contributed by atoms with Crippen LogP contribution in [0.2, 0.25) is 0 Å². The minimum atomic E-state index is -0.0447. The number of rotatable bonds is 5. The maximum Gasteiger partial charge on any atom is 0.138 e. The molecule has 0 atom stereocenters. The van der Waals surface area contributed by atoms with Crippen molar-refractivity contribution < 1.29 is 9.84 Å². The molecule has 2 aromatic rings. The standard InChI is InChI=1S/C16H19NO2/c1-12(2)14-5-3-13(4-6-14)11-19-16-8-7-15(10-18)17-9-16/h3-9,12,18H,10-11H2,1-2H3. The van der Waals surface area contributed by atoms with E-state index in [2.05, 4.69) is 43.1 Å². The Kier molecular flexibility index (Phi) is 4.53. The fourth-order valence-corrected chi connectivity index (χ4v) is 1.76. The van der Waals surface area contributed by atoms with Crippen molar-refractivity contribution in [1.29, 1.82) is 0 Å². The van der Waals surface area contributed by atoms with Crippen molar-refractivity contribution in [1.82, 2.24) is 4.98 Å². The minimum absolute atomic E-state index is 0.0447. The number of aromatic nitrogens is 1. The van der Waals surface area contributed by atoms with Crippen molar-refractivity contribution in [3.05, 3.63) is 59.4 Å². The van der Waals surface area contributed by atoms with E-state index >= 15 is 0 Å². The molecule has 3 heteroatoms. The molecular formula is C16H19NO2. The van der Waals surface area contributed by atoms with Crippen molar-refractivity contribution in [2.45, 2.75) is 33.0 Å². The second-order valence-electron chi connectivity index (χ2n) is 4.83. The Morgan fingerprint density at radius 1 is 1.11 bits per heavy atom. The monoisotopic (exact) mass is 257 g/mol. The largest absolute Gasteiger partial charge is 0.487 e. The lowest BCUT2D eigenvalue weighted by Crippen LogP contribution is -1.97. The predicted molar refractivity (Wildman–Crippen MR) is 75.0 cm³/mol. The Morgan fingerprint density at radius 2 is 1.84 bits per heavy atom. The Balaban J connectivity index is 1.94. The SMILES string of the molecule is CC(C)c1ccc(COc2ccc(CO)nc2)cc1. The first-order chi connectivity index (χ1) is 9.19. The number of pyridine rings is 1. The lowest BCUT2D eigenvalue weighted by molar-refractivity contribution is 0.275. The van der Waals surface area contributed by atoms with Gasteiger partial charge in [-0.1, -0.05) is 38.1 Å².